The number of hydrogen-bond donors (Lipinski definition) is 1. The lowest BCUT2D eigenvalue weighted by atomic mass is 10.0. The minimum Gasteiger partial charge on any atom is -0.450 e. The van der Waals surface area contributed by atoms with Crippen LogP contribution in [0.3, 0.4) is 0 Å². The van der Waals surface area contributed by atoms with Gasteiger partial charge in [-0.05, 0) is 37.8 Å². The van der Waals surface area contributed by atoms with E-state index < -0.39 is 17.7 Å². The van der Waals surface area contributed by atoms with Crippen molar-refractivity contribution in [2.24, 2.45) is 0 Å². The van der Waals surface area contributed by atoms with Gasteiger partial charge in [0.2, 0.25) is 0 Å². The average Bonchev–Trinajstić information content (AvgIpc) is 3.17. The van der Waals surface area contributed by atoms with Crippen molar-refractivity contribution < 1.29 is 24.1 Å². The number of rotatable bonds is 9. The number of aryl methyl sites for hydroxylation is 1. The summed E-state index contributed by atoms with van der Waals surface area (Å²) in [5.74, 6) is -1.78. The predicted octanol–water partition coefficient (Wildman–Crippen LogP) is 6.56. The molecule has 0 bridgehead atoms. The molecule has 1 aromatic heterocycles. The van der Waals surface area contributed by atoms with Crippen LogP contribution in [0.1, 0.15) is 57.6 Å². The Balaban J connectivity index is 1.45. The van der Waals surface area contributed by atoms with Crippen molar-refractivity contribution in [3.8, 4) is 22.5 Å². The van der Waals surface area contributed by atoms with Crippen molar-refractivity contribution in [1.82, 2.24) is 9.97 Å². The zero-order chi connectivity index (χ0) is 24.9. The van der Waals surface area contributed by atoms with Gasteiger partial charge in [0.05, 0.1) is 0 Å². The quantitative estimate of drug-likeness (QED) is 0.276. The van der Waals surface area contributed by atoms with Crippen LogP contribution in [-0.2, 0) is 26.4 Å². The molecular formula is C28H32N2O5. The second-order valence-electron chi connectivity index (χ2n) is 9.29. The van der Waals surface area contributed by atoms with Gasteiger partial charge in [-0.1, -0.05) is 74.7 Å². The van der Waals surface area contributed by atoms with Gasteiger partial charge in [0, 0.05) is 29.1 Å². The normalized spacial score (nSPS) is 18.9. The number of ether oxygens (including phenoxy) is 3. The van der Waals surface area contributed by atoms with Crippen LogP contribution < -0.4 is 0 Å². The summed E-state index contributed by atoms with van der Waals surface area (Å²) in [6.45, 7) is 5.63. The Bertz CT molecular complexity index is 1130. The molecule has 7 heteroatoms. The molecule has 1 N–H and O–H groups in total. The molecule has 1 saturated heterocycles. The lowest BCUT2D eigenvalue weighted by Crippen LogP contribution is -2.36. The molecular weight excluding hydrogens is 444 g/mol. The number of hydrogen-bond acceptors (Lipinski definition) is 6. The van der Waals surface area contributed by atoms with Gasteiger partial charge in [-0.25, -0.2) is 14.8 Å². The summed E-state index contributed by atoms with van der Waals surface area (Å²) < 4.78 is 16.5. The van der Waals surface area contributed by atoms with Crippen LogP contribution in [0.4, 0.5) is 4.79 Å². The van der Waals surface area contributed by atoms with E-state index in [-0.39, 0.29) is 6.61 Å². The Kier molecular flexibility index (Phi) is 7.48. The molecule has 7 nitrogen and oxygen atoms in total. The van der Waals surface area contributed by atoms with E-state index in [4.69, 9.17) is 14.2 Å². The first-order chi connectivity index (χ1) is 16.8. The van der Waals surface area contributed by atoms with Gasteiger partial charge < -0.3 is 19.3 Å². The highest BCUT2D eigenvalue weighted by molar-refractivity contribution is 5.64. The lowest BCUT2D eigenvalue weighted by molar-refractivity contribution is -0.240. The van der Waals surface area contributed by atoms with Gasteiger partial charge in [-0.3, -0.25) is 0 Å². The van der Waals surface area contributed by atoms with Crippen molar-refractivity contribution in [3.63, 3.8) is 0 Å². The third kappa shape index (κ3) is 6.05. The van der Waals surface area contributed by atoms with Gasteiger partial charge in [-0.2, -0.15) is 0 Å². The molecule has 1 atom stereocenters. The molecule has 0 unspecified atom stereocenters. The minimum absolute atomic E-state index is 0.0268. The molecule has 1 aliphatic heterocycles. The Morgan fingerprint density at radius 2 is 1.60 bits per heavy atom. The summed E-state index contributed by atoms with van der Waals surface area (Å²) in [6, 6.07) is 15.7. The smallest absolute Gasteiger partial charge is 0.450 e. The summed E-state index contributed by atoms with van der Waals surface area (Å²) in [7, 11) is 0. The highest BCUT2D eigenvalue weighted by Gasteiger charge is 2.50. The molecule has 0 amide bonds. The molecule has 184 valence electrons. The van der Waals surface area contributed by atoms with Crippen LogP contribution in [0.2, 0.25) is 0 Å². The van der Waals surface area contributed by atoms with E-state index in [0.29, 0.717) is 11.4 Å². The number of unbranched alkanes of at least 4 members (excludes halogenated alkanes) is 3. The molecule has 0 radical (unpaired) electrons. The molecule has 0 aliphatic carbocycles. The van der Waals surface area contributed by atoms with E-state index in [0.717, 1.165) is 23.1 Å². The highest BCUT2D eigenvalue weighted by Crippen LogP contribution is 2.40. The summed E-state index contributed by atoms with van der Waals surface area (Å²) in [4.78, 5) is 20.4. The van der Waals surface area contributed by atoms with Crippen molar-refractivity contribution in [3.05, 3.63) is 72.1 Å². The number of aromatic nitrogens is 2. The van der Waals surface area contributed by atoms with Gasteiger partial charge in [0.1, 0.15) is 6.61 Å². The number of carbonyl (C=O) groups is 1. The Labute approximate surface area is 206 Å². The highest BCUT2D eigenvalue weighted by atomic mass is 16.9. The predicted molar refractivity (Wildman–Crippen MR) is 133 cm³/mol. The molecule has 4 rings (SSSR count). The maximum atomic E-state index is 11.3. The summed E-state index contributed by atoms with van der Waals surface area (Å²) in [6.07, 6.45) is 8.28. The van der Waals surface area contributed by atoms with Crippen LogP contribution >= 0.6 is 0 Å². The minimum atomic E-state index is -1.50. The zero-order valence-corrected chi connectivity index (χ0v) is 20.5. The summed E-state index contributed by atoms with van der Waals surface area (Å²) in [5, 5.41) is 9.22. The molecule has 3 aromatic rings. The van der Waals surface area contributed by atoms with E-state index in [1.165, 1.54) is 31.2 Å². The topological polar surface area (TPSA) is 90.8 Å². The first-order valence-electron chi connectivity index (χ1n) is 12.1. The average molecular weight is 477 g/mol. The fourth-order valence-corrected chi connectivity index (χ4v) is 4.24. The van der Waals surface area contributed by atoms with Crippen molar-refractivity contribution in [1.29, 1.82) is 0 Å². The largest absolute Gasteiger partial charge is 0.508 e. The van der Waals surface area contributed by atoms with Crippen molar-refractivity contribution in [2.45, 2.75) is 64.4 Å². The Hall–Kier alpha value is -3.29. The Morgan fingerprint density at radius 1 is 0.943 bits per heavy atom. The number of carboxylic acid groups (broad SMARTS) is 1. The monoisotopic (exact) mass is 476 g/mol. The number of nitrogens with zero attached hydrogens (tertiary/aromatic N) is 2. The van der Waals surface area contributed by atoms with E-state index in [2.05, 4.69) is 41.2 Å². The van der Waals surface area contributed by atoms with Crippen LogP contribution in [0.15, 0.2) is 60.9 Å². The molecule has 1 aliphatic rings. The van der Waals surface area contributed by atoms with Crippen LogP contribution in [-0.4, -0.2) is 33.6 Å². The Morgan fingerprint density at radius 3 is 2.17 bits per heavy atom. The van der Waals surface area contributed by atoms with Crippen molar-refractivity contribution >= 4 is 6.16 Å². The first-order valence-corrected chi connectivity index (χ1v) is 12.1. The van der Waals surface area contributed by atoms with Gasteiger partial charge in [0.15, 0.2) is 11.6 Å². The first kappa shape index (κ1) is 24.8. The third-order valence-corrected chi connectivity index (χ3v) is 6.11. The van der Waals surface area contributed by atoms with Gasteiger partial charge >= 0.3 is 6.16 Å². The van der Waals surface area contributed by atoms with Crippen LogP contribution in [0.25, 0.3) is 22.5 Å². The molecule has 2 aromatic carbocycles. The van der Waals surface area contributed by atoms with E-state index >= 15 is 0 Å². The summed E-state index contributed by atoms with van der Waals surface area (Å²) >= 11 is 0. The fraction of sp³-hybridized carbons (Fsp3) is 0.393. The summed E-state index contributed by atoms with van der Waals surface area (Å²) in [5.41, 5.74) is 4.63. The van der Waals surface area contributed by atoms with Crippen molar-refractivity contribution in [2.75, 3.05) is 6.61 Å². The molecule has 2 heterocycles. The van der Waals surface area contributed by atoms with E-state index in [1.54, 1.807) is 38.4 Å². The maximum Gasteiger partial charge on any atom is 0.508 e. The fourth-order valence-electron chi connectivity index (χ4n) is 4.24. The van der Waals surface area contributed by atoms with Gasteiger partial charge in [-0.15, -0.1) is 0 Å². The zero-order valence-electron chi connectivity index (χ0n) is 20.5. The molecule has 0 spiro atoms. The van der Waals surface area contributed by atoms with Gasteiger partial charge in [0.25, 0.3) is 5.79 Å². The second-order valence-corrected chi connectivity index (χ2v) is 9.29. The standard InChI is InChI=1S/C28H32N2O5/c1-4-5-6-7-8-20-9-11-22(12-10-20)25-29-17-23(18-30-25)21-13-15-24(16-14-21)28(34-26(31)32)19-33-27(2,3)35-28/h9-18H,4-8,19H2,1-3H3,(H,31,32)/t28-/m1/s1. The van der Waals surface area contributed by atoms with Crippen LogP contribution in [0, 0.1) is 0 Å². The van der Waals surface area contributed by atoms with Crippen LogP contribution in [0.5, 0.6) is 0 Å². The molecule has 1 fully saturated rings. The number of benzene rings is 2. The second kappa shape index (κ2) is 10.5. The van der Waals surface area contributed by atoms with E-state index in [1.807, 2.05) is 12.1 Å². The SMILES string of the molecule is CCCCCCc1ccc(-c2ncc(-c3ccc([C@@]4(OC(=O)O)COC(C)(C)O4)cc3)cn2)cc1. The molecule has 0 saturated carbocycles. The third-order valence-electron chi connectivity index (χ3n) is 6.11. The molecule has 35 heavy (non-hydrogen) atoms. The van der Waals surface area contributed by atoms with E-state index in [9.17, 15) is 9.90 Å². The maximum absolute atomic E-state index is 11.3. The lowest BCUT2D eigenvalue weighted by Gasteiger charge is -2.28.